The molecule has 3 N–H and O–H groups in total. The van der Waals surface area contributed by atoms with Gasteiger partial charge < -0.3 is 25.1 Å². The number of rotatable bonds is 8. The van der Waals surface area contributed by atoms with Crippen LogP contribution in [0.1, 0.15) is 56.1 Å². The first-order valence-electron chi connectivity index (χ1n) is 10.0. The standard InChI is InChI=1S/C23H29ClN2O5/c1-6-26(7-2)21-17(23(3,4)5)10-14(11-18(21)24)19(25-30)13-31-15-8-9-16(22(28)29)20(27)12-15/h8-12,27,30H,6-7,13H2,1-5H3,(H,28,29)/b25-19-. The molecule has 2 aromatic rings. The maximum atomic E-state index is 11.0. The minimum atomic E-state index is -1.24. The third kappa shape index (κ3) is 5.61. The van der Waals surface area contributed by atoms with Crippen molar-refractivity contribution >= 4 is 29.0 Å². The van der Waals surface area contributed by atoms with Crippen LogP contribution in [0.4, 0.5) is 5.69 Å². The van der Waals surface area contributed by atoms with Crippen molar-refractivity contribution in [2.45, 2.75) is 40.0 Å². The summed E-state index contributed by atoms with van der Waals surface area (Å²) in [6, 6.07) is 7.57. The fourth-order valence-corrected chi connectivity index (χ4v) is 3.64. The number of phenols is 1. The third-order valence-corrected chi connectivity index (χ3v) is 5.27. The first-order chi connectivity index (χ1) is 14.5. The highest BCUT2D eigenvalue weighted by Gasteiger charge is 2.25. The second-order valence-electron chi connectivity index (χ2n) is 8.10. The average Bonchev–Trinajstić information content (AvgIpc) is 2.69. The van der Waals surface area contributed by atoms with Crippen molar-refractivity contribution in [3.05, 3.63) is 52.0 Å². The number of carbonyl (C=O) groups is 1. The quantitative estimate of drug-likeness (QED) is 0.293. The van der Waals surface area contributed by atoms with E-state index in [4.69, 9.17) is 21.4 Å². The number of hydrogen-bond acceptors (Lipinski definition) is 6. The van der Waals surface area contributed by atoms with Crippen LogP contribution in [0.5, 0.6) is 11.5 Å². The molecule has 0 atom stereocenters. The summed E-state index contributed by atoms with van der Waals surface area (Å²) < 4.78 is 5.62. The van der Waals surface area contributed by atoms with Crippen LogP contribution in [0.15, 0.2) is 35.5 Å². The summed E-state index contributed by atoms with van der Waals surface area (Å²) >= 11 is 6.67. The molecule has 8 heteroatoms. The van der Waals surface area contributed by atoms with Crippen LogP contribution in [-0.2, 0) is 5.41 Å². The number of nitrogens with zero attached hydrogens (tertiary/aromatic N) is 2. The van der Waals surface area contributed by atoms with E-state index < -0.39 is 11.7 Å². The Morgan fingerprint density at radius 1 is 1.16 bits per heavy atom. The van der Waals surface area contributed by atoms with Gasteiger partial charge in [0.1, 0.15) is 29.4 Å². The highest BCUT2D eigenvalue weighted by Crippen LogP contribution is 2.39. The van der Waals surface area contributed by atoms with Crippen molar-refractivity contribution in [3.8, 4) is 11.5 Å². The zero-order valence-corrected chi connectivity index (χ0v) is 19.2. The van der Waals surface area contributed by atoms with Crippen LogP contribution in [-0.4, -0.2) is 46.8 Å². The lowest BCUT2D eigenvalue weighted by atomic mass is 9.84. The van der Waals surface area contributed by atoms with Gasteiger partial charge in [-0.15, -0.1) is 0 Å². The summed E-state index contributed by atoms with van der Waals surface area (Å²) in [5.74, 6) is -1.40. The van der Waals surface area contributed by atoms with Crippen molar-refractivity contribution in [1.82, 2.24) is 0 Å². The molecule has 0 aliphatic carbocycles. The molecule has 2 aromatic carbocycles. The van der Waals surface area contributed by atoms with Gasteiger partial charge in [0, 0.05) is 24.7 Å². The maximum Gasteiger partial charge on any atom is 0.339 e. The van der Waals surface area contributed by atoms with Crippen LogP contribution in [0.2, 0.25) is 5.02 Å². The van der Waals surface area contributed by atoms with Gasteiger partial charge >= 0.3 is 5.97 Å². The van der Waals surface area contributed by atoms with Gasteiger partial charge in [0.15, 0.2) is 0 Å². The van der Waals surface area contributed by atoms with E-state index in [1.807, 2.05) is 6.07 Å². The number of anilines is 1. The van der Waals surface area contributed by atoms with Gasteiger partial charge in [0.2, 0.25) is 0 Å². The Morgan fingerprint density at radius 3 is 2.29 bits per heavy atom. The lowest BCUT2D eigenvalue weighted by Crippen LogP contribution is -2.27. The molecule has 0 amide bonds. The van der Waals surface area contributed by atoms with Crippen LogP contribution in [0.3, 0.4) is 0 Å². The molecule has 0 saturated carbocycles. The van der Waals surface area contributed by atoms with Crippen molar-refractivity contribution in [2.24, 2.45) is 5.16 Å². The molecule has 2 rings (SSSR count). The second-order valence-corrected chi connectivity index (χ2v) is 8.50. The molecular weight excluding hydrogens is 420 g/mol. The minimum absolute atomic E-state index is 0.104. The number of halogens is 1. The fraction of sp³-hybridized carbons (Fsp3) is 0.391. The monoisotopic (exact) mass is 448 g/mol. The molecule has 31 heavy (non-hydrogen) atoms. The summed E-state index contributed by atoms with van der Waals surface area (Å²) in [6.07, 6.45) is 0. The highest BCUT2D eigenvalue weighted by atomic mass is 35.5. The van der Waals surface area contributed by atoms with E-state index in [-0.39, 0.29) is 29.0 Å². The molecule has 0 aromatic heterocycles. The molecule has 0 unspecified atom stereocenters. The van der Waals surface area contributed by atoms with E-state index in [1.165, 1.54) is 18.2 Å². The fourth-order valence-electron chi connectivity index (χ4n) is 3.30. The Kier molecular flexibility index (Phi) is 7.79. The molecule has 0 heterocycles. The van der Waals surface area contributed by atoms with Crippen LogP contribution < -0.4 is 9.64 Å². The van der Waals surface area contributed by atoms with Crippen LogP contribution in [0, 0.1) is 0 Å². The summed E-state index contributed by atoms with van der Waals surface area (Å²) in [5, 5.41) is 32.4. The number of ether oxygens (including phenoxy) is 1. The Labute approximate surface area is 187 Å². The summed E-state index contributed by atoms with van der Waals surface area (Å²) in [5.41, 5.74) is 2.40. The van der Waals surface area contributed by atoms with Gasteiger partial charge in [-0.05, 0) is 49.1 Å². The molecule has 0 fully saturated rings. The van der Waals surface area contributed by atoms with Gasteiger partial charge in [0.25, 0.3) is 0 Å². The summed E-state index contributed by atoms with van der Waals surface area (Å²) in [7, 11) is 0. The highest BCUT2D eigenvalue weighted by molar-refractivity contribution is 6.34. The minimum Gasteiger partial charge on any atom is -0.507 e. The number of carboxylic acid groups (broad SMARTS) is 1. The Bertz CT molecular complexity index is 979. The lowest BCUT2D eigenvalue weighted by molar-refractivity contribution is 0.0693. The lowest BCUT2D eigenvalue weighted by Gasteiger charge is -2.31. The Hall–Kier alpha value is -2.93. The first-order valence-corrected chi connectivity index (χ1v) is 10.4. The molecule has 0 saturated heterocycles. The molecule has 0 spiro atoms. The summed E-state index contributed by atoms with van der Waals surface area (Å²) in [6.45, 7) is 11.9. The molecule has 0 aliphatic heterocycles. The average molecular weight is 449 g/mol. The van der Waals surface area contributed by atoms with Gasteiger partial charge in [0.05, 0.1) is 10.7 Å². The van der Waals surface area contributed by atoms with Crippen LogP contribution >= 0.6 is 11.6 Å². The first kappa shape index (κ1) is 24.3. The zero-order valence-electron chi connectivity index (χ0n) is 18.4. The SMILES string of the molecule is CCN(CC)c1c(Cl)cc(/C(COc2ccc(C(=O)O)c(O)c2)=N\O)cc1C(C)(C)C. The van der Waals surface area contributed by atoms with Crippen molar-refractivity contribution in [3.63, 3.8) is 0 Å². The zero-order chi connectivity index (χ0) is 23.3. The molecular formula is C23H29ClN2O5. The van der Waals surface area contributed by atoms with Gasteiger partial charge in [-0.3, -0.25) is 0 Å². The molecule has 0 bridgehead atoms. The number of benzene rings is 2. The topological polar surface area (TPSA) is 103 Å². The van der Waals surface area contributed by atoms with Gasteiger partial charge in [-0.2, -0.15) is 0 Å². The second kappa shape index (κ2) is 9.92. The molecule has 168 valence electrons. The number of hydrogen-bond donors (Lipinski definition) is 3. The normalized spacial score (nSPS) is 12.0. The van der Waals surface area contributed by atoms with Crippen molar-refractivity contribution < 1.29 is 25.0 Å². The van der Waals surface area contributed by atoms with E-state index in [9.17, 15) is 15.1 Å². The predicted molar refractivity (Wildman–Crippen MR) is 123 cm³/mol. The van der Waals surface area contributed by atoms with Crippen LogP contribution in [0.25, 0.3) is 0 Å². The van der Waals surface area contributed by atoms with E-state index in [1.54, 1.807) is 6.07 Å². The number of carboxylic acids is 1. The van der Waals surface area contributed by atoms with E-state index in [2.05, 4.69) is 44.7 Å². The van der Waals surface area contributed by atoms with E-state index >= 15 is 0 Å². The number of oxime groups is 1. The third-order valence-electron chi connectivity index (χ3n) is 4.98. The number of aromatic carboxylic acids is 1. The number of aromatic hydroxyl groups is 1. The molecule has 0 aliphatic rings. The van der Waals surface area contributed by atoms with Crippen molar-refractivity contribution in [1.29, 1.82) is 0 Å². The maximum absolute atomic E-state index is 11.0. The smallest absolute Gasteiger partial charge is 0.339 e. The largest absolute Gasteiger partial charge is 0.507 e. The van der Waals surface area contributed by atoms with Gasteiger partial charge in [-0.1, -0.05) is 37.5 Å². The summed E-state index contributed by atoms with van der Waals surface area (Å²) in [4.78, 5) is 13.2. The molecule has 7 nitrogen and oxygen atoms in total. The molecule has 0 radical (unpaired) electrons. The predicted octanol–water partition coefficient (Wildman–Crippen LogP) is 5.14. The van der Waals surface area contributed by atoms with E-state index in [0.717, 1.165) is 24.3 Å². The Morgan fingerprint density at radius 2 is 1.81 bits per heavy atom. The van der Waals surface area contributed by atoms with Crippen molar-refractivity contribution in [2.75, 3.05) is 24.6 Å². The van der Waals surface area contributed by atoms with Gasteiger partial charge in [-0.25, -0.2) is 4.79 Å². The Balaban J connectivity index is 2.38. The van der Waals surface area contributed by atoms with E-state index in [0.29, 0.717) is 10.6 Å².